The zero-order chi connectivity index (χ0) is 21.7. The van der Waals surface area contributed by atoms with Crippen LogP contribution in [0.2, 0.25) is 0 Å². The molecule has 4 rings (SSSR count). The minimum atomic E-state index is -1.02. The van der Waals surface area contributed by atoms with E-state index in [-0.39, 0.29) is 5.91 Å². The molecule has 0 radical (unpaired) electrons. The Morgan fingerprint density at radius 3 is 2.84 bits per heavy atom. The van der Waals surface area contributed by atoms with Gasteiger partial charge in [0.2, 0.25) is 0 Å². The van der Waals surface area contributed by atoms with Crippen LogP contribution >= 0.6 is 11.3 Å². The van der Waals surface area contributed by atoms with Gasteiger partial charge < -0.3 is 14.7 Å². The second-order valence-corrected chi connectivity index (χ2v) is 8.79. The highest BCUT2D eigenvalue weighted by Gasteiger charge is 2.36. The Morgan fingerprint density at radius 2 is 2.06 bits per heavy atom. The molecule has 0 aliphatic carbocycles. The van der Waals surface area contributed by atoms with Crippen LogP contribution in [0.3, 0.4) is 0 Å². The van der Waals surface area contributed by atoms with Gasteiger partial charge in [0.25, 0.3) is 5.91 Å². The summed E-state index contributed by atoms with van der Waals surface area (Å²) in [7, 11) is 0. The molecular formula is C23H26N4O3S. The molecule has 1 fully saturated rings. The largest absolute Gasteiger partial charge is 0.493 e. The van der Waals surface area contributed by atoms with Crippen molar-refractivity contribution < 1.29 is 14.6 Å². The summed E-state index contributed by atoms with van der Waals surface area (Å²) in [5.74, 6) is 0.701. The summed E-state index contributed by atoms with van der Waals surface area (Å²) < 4.78 is 5.81. The van der Waals surface area contributed by atoms with Crippen molar-refractivity contribution in [3.63, 3.8) is 0 Å². The third kappa shape index (κ3) is 5.08. The monoisotopic (exact) mass is 438 g/mol. The molecule has 3 aromatic rings. The Hall–Kier alpha value is -2.84. The maximum Gasteiger partial charge on any atom is 0.274 e. The van der Waals surface area contributed by atoms with Crippen LogP contribution in [-0.2, 0) is 12.0 Å². The maximum atomic E-state index is 12.7. The van der Waals surface area contributed by atoms with E-state index in [2.05, 4.69) is 15.0 Å². The van der Waals surface area contributed by atoms with E-state index in [0.717, 1.165) is 27.7 Å². The molecule has 7 nitrogen and oxygen atoms in total. The number of amides is 1. The summed E-state index contributed by atoms with van der Waals surface area (Å²) in [6, 6.07) is 9.74. The van der Waals surface area contributed by atoms with Gasteiger partial charge in [0.1, 0.15) is 22.1 Å². The minimum absolute atomic E-state index is 0.147. The normalized spacial score (nSPS) is 19.1. The van der Waals surface area contributed by atoms with Crippen LogP contribution in [0.5, 0.6) is 5.75 Å². The molecule has 8 heteroatoms. The fourth-order valence-corrected chi connectivity index (χ4v) is 4.93. The first kappa shape index (κ1) is 21.4. The minimum Gasteiger partial charge on any atom is -0.493 e. The van der Waals surface area contributed by atoms with E-state index in [0.29, 0.717) is 44.7 Å². The highest BCUT2D eigenvalue weighted by atomic mass is 32.1. The van der Waals surface area contributed by atoms with E-state index >= 15 is 0 Å². The number of aromatic nitrogens is 3. The molecule has 1 saturated heterocycles. The van der Waals surface area contributed by atoms with Gasteiger partial charge in [-0.2, -0.15) is 0 Å². The summed E-state index contributed by atoms with van der Waals surface area (Å²) >= 11 is 1.55. The lowest BCUT2D eigenvalue weighted by atomic mass is 9.96. The lowest BCUT2D eigenvalue weighted by molar-refractivity contribution is 0.0209. The molecule has 0 unspecified atom stereocenters. The van der Waals surface area contributed by atoms with Gasteiger partial charge in [-0.05, 0) is 31.9 Å². The first-order chi connectivity index (χ1) is 15.0. The van der Waals surface area contributed by atoms with Crippen molar-refractivity contribution in [1.82, 2.24) is 19.9 Å². The number of ether oxygens (including phenoxy) is 1. The van der Waals surface area contributed by atoms with E-state index in [1.807, 2.05) is 37.3 Å². The van der Waals surface area contributed by atoms with Crippen molar-refractivity contribution in [2.75, 3.05) is 19.7 Å². The number of para-hydroxylation sites is 1. The molecule has 0 saturated carbocycles. The Balaban J connectivity index is 1.39. The van der Waals surface area contributed by atoms with Gasteiger partial charge in [-0.25, -0.2) is 9.97 Å². The van der Waals surface area contributed by atoms with Crippen molar-refractivity contribution in [2.24, 2.45) is 0 Å². The molecule has 1 aliphatic heterocycles. The number of hydrogen-bond donors (Lipinski definition) is 1. The Morgan fingerprint density at radius 1 is 1.23 bits per heavy atom. The average Bonchev–Trinajstić information content (AvgIpc) is 3.06. The van der Waals surface area contributed by atoms with E-state index in [4.69, 9.17) is 4.74 Å². The molecule has 2 aromatic heterocycles. The molecule has 1 amide bonds. The smallest absolute Gasteiger partial charge is 0.274 e. The van der Waals surface area contributed by atoms with Gasteiger partial charge in [-0.1, -0.05) is 18.2 Å². The van der Waals surface area contributed by atoms with Crippen LogP contribution < -0.4 is 4.74 Å². The molecule has 1 atom stereocenters. The van der Waals surface area contributed by atoms with Crippen molar-refractivity contribution in [1.29, 1.82) is 0 Å². The number of likely N-dealkylation sites (tertiary alicyclic amines) is 1. The summed E-state index contributed by atoms with van der Waals surface area (Å²) in [5, 5.41) is 12.1. The van der Waals surface area contributed by atoms with Crippen LogP contribution in [0.1, 0.15) is 45.3 Å². The van der Waals surface area contributed by atoms with Crippen molar-refractivity contribution in [3.05, 3.63) is 70.2 Å². The predicted octanol–water partition coefficient (Wildman–Crippen LogP) is 3.38. The third-order valence-electron chi connectivity index (χ3n) is 5.52. The highest BCUT2D eigenvalue weighted by molar-refractivity contribution is 7.11. The SMILES string of the molecule is Cc1nc([C@@]2(O)CCCN(C(=O)c3cnccn3)CC2)sc1CCOc1ccccc1. The van der Waals surface area contributed by atoms with E-state index < -0.39 is 5.60 Å². The fourth-order valence-electron chi connectivity index (χ4n) is 3.74. The van der Waals surface area contributed by atoms with Gasteiger partial charge in [0, 0.05) is 43.2 Å². The zero-order valence-corrected chi connectivity index (χ0v) is 18.3. The lowest BCUT2D eigenvalue weighted by Crippen LogP contribution is -2.34. The van der Waals surface area contributed by atoms with Crippen LogP contribution in [0, 0.1) is 6.92 Å². The molecule has 1 aliphatic rings. The van der Waals surface area contributed by atoms with Crippen molar-refractivity contribution in [2.45, 2.75) is 38.2 Å². The lowest BCUT2D eigenvalue weighted by Gasteiger charge is -2.24. The number of thiazole rings is 1. The standard InChI is InChI=1S/C23H26N4O3S/c1-17-20(8-15-30-18-6-3-2-4-7-18)31-22(26-17)23(29)9-5-13-27(14-10-23)21(28)19-16-24-11-12-25-19/h2-4,6-7,11-12,16,29H,5,8-10,13-15H2,1H3/t23-/m1/s1. The van der Waals surface area contributed by atoms with Gasteiger partial charge >= 0.3 is 0 Å². The number of hydrogen-bond acceptors (Lipinski definition) is 7. The first-order valence-corrected chi connectivity index (χ1v) is 11.3. The van der Waals surface area contributed by atoms with Crippen molar-refractivity contribution in [3.8, 4) is 5.75 Å². The second-order valence-electron chi connectivity index (χ2n) is 7.71. The molecule has 31 heavy (non-hydrogen) atoms. The van der Waals surface area contributed by atoms with E-state index in [1.165, 1.54) is 12.4 Å². The summed E-state index contributed by atoms with van der Waals surface area (Å²) in [6.45, 7) is 3.57. The molecular weight excluding hydrogens is 412 g/mol. The van der Waals surface area contributed by atoms with Crippen LogP contribution in [0.25, 0.3) is 0 Å². The van der Waals surface area contributed by atoms with E-state index in [1.54, 1.807) is 22.4 Å². The van der Waals surface area contributed by atoms with Crippen LogP contribution in [0.15, 0.2) is 48.9 Å². The van der Waals surface area contributed by atoms with Gasteiger partial charge in [0.05, 0.1) is 18.5 Å². The molecule has 1 aromatic carbocycles. The number of carbonyl (C=O) groups is 1. The summed E-state index contributed by atoms with van der Waals surface area (Å²) in [6.07, 6.45) is 7.01. The summed E-state index contributed by atoms with van der Waals surface area (Å²) in [4.78, 5) is 28.3. The number of aryl methyl sites for hydroxylation is 1. The van der Waals surface area contributed by atoms with Gasteiger partial charge in [-0.15, -0.1) is 11.3 Å². The molecule has 162 valence electrons. The molecule has 3 heterocycles. The van der Waals surface area contributed by atoms with Gasteiger partial charge in [-0.3, -0.25) is 9.78 Å². The topological polar surface area (TPSA) is 88.4 Å². The van der Waals surface area contributed by atoms with Crippen LogP contribution in [-0.4, -0.2) is 50.6 Å². The van der Waals surface area contributed by atoms with Gasteiger partial charge in [0.15, 0.2) is 0 Å². The Bertz CT molecular complexity index is 1010. The average molecular weight is 439 g/mol. The first-order valence-electron chi connectivity index (χ1n) is 10.5. The fraction of sp³-hybridized carbons (Fsp3) is 0.391. The predicted molar refractivity (Wildman–Crippen MR) is 118 cm³/mol. The Kier molecular flexibility index (Phi) is 6.58. The van der Waals surface area contributed by atoms with E-state index in [9.17, 15) is 9.90 Å². The third-order valence-corrected chi connectivity index (χ3v) is 6.93. The molecule has 0 spiro atoms. The maximum absolute atomic E-state index is 12.7. The quantitative estimate of drug-likeness (QED) is 0.635. The zero-order valence-electron chi connectivity index (χ0n) is 17.5. The van der Waals surface area contributed by atoms with Crippen molar-refractivity contribution >= 4 is 17.2 Å². The number of aliphatic hydroxyl groups is 1. The molecule has 1 N–H and O–H groups in total. The summed E-state index contributed by atoms with van der Waals surface area (Å²) in [5.41, 5.74) is 0.242. The number of carbonyl (C=O) groups excluding carboxylic acids is 1. The Labute approximate surface area is 185 Å². The molecule has 0 bridgehead atoms. The second kappa shape index (κ2) is 9.53. The highest BCUT2D eigenvalue weighted by Crippen LogP contribution is 2.36. The number of nitrogens with zero attached hydrogens (tertiary/aromatic N) is 4. The van der Waals surface area contributed by atoms with Crippen LogP contribution in [0.4, 0.5) is 0 Å². The number of rotatable bonds is 6. The number of benzene rings is 1.